The van der Waals surface area contributed by atoms with Crippen LogP contribution in [0.2, 0.25) is 0 Å². The fourth-order valence-electron chi connectivity index (χ4n) is 2.90. The molecule has 7 heteroatoms. The van der Waals surface area contributed by atoms with Gasteiger partial charge in [0.25, 0.3) is 5.91 Å². The Morgan fingerprint density at radius 1 is 1.36 bits per heavy atom. The number of nitrogens with one attached hydrogen (secondary N) is 1. The maximum Gasteiger partial charge on any atom is 0.322 e. The van der Waals surface area contributed by atoms with Crippen molar-refractivity contribution < 1.29 is 9.21 Å². The standard InChI is InChI=1S/C15H21N5O2/c1-3-20-10(2)9-12(19-20)13(21)16-15-18-17-14(22-15)11-7-5-4-6-8-11/h9,11H,3-8H2,1-2H3,(H,16,18,21). The molecule has 1 amide bonds. The molecule has 0 unspecified atom stereocenters. The molecule has 0 aromatic carbocycles. The maximum absolute atomic E-state index is 12.2. The zero-order valence-electron chi connectivity index (χ0n) is 13.0. The quantitative estimate of drug-likeness (QED) is 0.938. The predicted octanol–water partition coefficient (Wildman–Crippen LogP) is 2.89. The van der Waals surface area contributed by atoms with Crippen LogP contribution in [0.15, 0.2) is 10.5 Å². The summed E-state index contributed by atoms with van der Waals surface area (Å²) >= 11 is 0. The summed E-state index contributed by atoms with van der Waals surface area (Å²) < 4.78 is 7.36. The Hall–Kier alpha value is -2.18. The first-order valence-corrected chi connectivity index (χ1v) is 7.86. The van der Waals surface area contributed by atoms with Gasteiger partial charge < -0.3 is 4.42 Å². The van der Waals surface area contributed by atoms with E-state index in [4.69, 9.17) is 4.42 Å². The number of hydrogen-bond donors (Lipinski definition) is 1. The van der Waals surface area contributed by atoms with Crippen LogP contribution in [0.5, 0.6) is 0 Å². The fourth-order valence-corrected chi connectivity index (χ4v) is 2.90. The van der Waals surface area contributed by atoms with Crippen LogP contribution >= 0.6 is 0 Å². The molecule has 2 heterocycles. The molecule has 22 heavy (non-hydrogen) atoms. The monoisotopic (exact) mass is 303 g/mol. The lowest BCUT2D eigenvalue weighted by Crippen LogP contribution is -2.13. The van der Waals surface area contributed by atoms with Crippen LogP contribution in [-0.2, 0) is 6.54 Å². The van der Waals surface area contributed by atoms with Gasteiger partial charge in [0.2, 0.25) is 5.89 Å². The molecule has 0 saturated heterocycles. The summed E-state index contributed by atoms with van der Waals surface area (Å²) in [6, 6.07) is 1.89. The third-order valence-corrected chi connectivity index (χ3v) is 4.13. The summed E-state index contributed by atoms with van der Waals surface area (Å²) in [7, 11) is 0. The van der Waals surface area contributed by atoms with Gasteiger partial charge in [0, 0.05) is 18.2 Å². The normalized spacial score (nSPS) is 15.9. The Kier molecular flexibility index (Phi) is 4.22. The third-order valence-electron chi connectivity index (χ3n) is 4.13. The molecule has 3 rings (SSSR count). The molecule has 1 saturated carbocycles. The number of rotatable bonds is 4. The topological polar surface area (TPSA) is 85.8 Å². The number of carbonyl (C=O) groups is 1. The van der Waals surface area contributed by atoms with E-state index in [2.05, 4.69) is 20.6 Å². The molecule has 7 nitrogen and oxygen atoms in total. The van der Waals surface area contributed by atoms with Crippen LogP contribution in [0.4, 0.5) is 6.01 Å². The molecule has 0 atom stereocenters. The molecular weight excluding hydrogens is 282 g/mol. The summed E-state index contributed by atoms with van der Waals surface area (Å²) in [6.45, 7) is 4.63. The number of carbonyl (C=O) groups excluding carboxylic acids is 1. The first kappa shape index (κ1) is 14.7. The van der Waals surface area contributed by atoms with E-state index in [9.17, 15) is 4.79 Å². The van der Waals surface area contributed by atoms with Crippen LogP contribution < -0.4 is 5.32 Å². The summed E-state index contributed by atoms with van der Waals surface area (Å²) in [4.78, 5) is 12.2. The minimum absolute atomic E-state index is 0.147. The third kappa shape index (κ3) is 3.03. The molecule has 0 radical (unpaired) electrons. The van der Waals surface area contributed by atoms with E-state index in [-0.39, 0.29) is 11.9 Å². The molecular formula is C15H21N5O2. The number of amides is 1. The number of aromatic nitrogens is 4. The average molecular weight is 303 g/mol. The van der Waals surface area contributed by atoms with E-state index in [1.807, 2.05) is 13.8 Å². The van der Waals surface area contributed by atoms with Crippen LogP contribution in [0, 0.1) is 6.92 Å². The van der Waals surface area contributed by atoms with Crippen molar-refractivity contribution in [1.82, 2.24) is 20.0 Å². The van der Waals surface area contributed by atoms with Crippen molar-refractivity contribution in [2.24, 2.45) is 0 Å². The second kappa shape index (κ2) is 6.29. The van der Waals surface area contributed by atoms with Gasteiger partial charge in [-0.25, -0.2) is 0 Å². The number of aryl methyl sites for hydroxylation is 2. The average Bonchev–Trinajstić information content (AvgIpc) is 3.14. The van der Waals surface area contributed by atoms with E-state index in [0.29, 0.717) is 17.5 Å². The van der Waals surface area contributed by atoms with Crippen molar-refractivity contribution in [3.8, 4) is 0 Å². The maximum atomic E-state index is 12.2. The second-order valence-corrected chi connectivity index (χ2v) is 5.72. The van der Waals surface area contributed by atoms with Crippen LogP contribution in [0.1, 0.15) is 67.0 Å². The largest absolute Gasteiger partial charge is 0.408 e. The Bertz CT molecular complexity index is 655. The Balaban J connectivity index is 1.67. The summed E-state index contributed by atoms with van der Waals surface area (Å²) in [5.41, 5.74) is 1.30. The van der Waals surface area contributed by atoms with Gasteiger partial charge in [0.1, 0.15) is 0 Å². The van der Waals surface area contributed by atoms with Gasteiger partial charge in [-0.2, -0.15) is 5.10 Å². The molecule has 0 spiro atoms. The molecule has 1 fully saturated rings. The first-order chi connectivity index (χ1) is 10.7. The first-order valence-electron chi connectivity index (χ1n) is 7.86. The highest BCUT2D eigenvalue weighted by Crippen LogP contribution is 2.32. The van der Waals surface area contributed by atoms with Crippen molar-refractivity contribution in [3.63, 3.8) is 0 Å². The van der Waals surface area contributed by atoms with Crippen molar-refractivity contribution >= 4 is 11.9 Å². The van der Waals surface area contributed by atoms with Crippen molar-refractivity contribution in [1.29, 1.82) is 0 Å². The van der Waals surface area contributed by atoms with Gasteiger partial charge >= 0.3 is 6.01 Å². The predicted molar refractivity (Wildman–Crippen MR) is 80.7 cm³/mol. The summed E-state index contributed by atoms with van der Waals surface area (Å²) in [6.07, 6.45) is 5.82. The van der Waals surface area contributed by atoms with Gasteiger partial charge in [-0.3, -0.25) is 14.8 Å². The molecule has 0 aliphatic heterocycles. The van der Waals surface area contributed by atoms with Crippen molar-refractivity contribution in [2.45, 2.75) is 58.4 Å². The molecule has 118 valence electrons. The zero-order chi connectivity index (χ0) is 15.5. The van der Waals surface area contributed by atoms with Crippen molar-refractivity contribution in [2.75, 3.05) is 5.32 Å². The lowest BCUT2D eigenvalue weighted by atomic mass is 9.89. The second-order valence-electron chi connectivity index (χ2n) is 5.72. The van der Waals surface area contributed by atoms with Gasteiger partial charge in [-0.05, 0) is 32.8 Å². The number of nitrogens with zero attached hydrogens (tertiary/aromatic N) is 4. The van der Waals surface area contributed by atoms with Crippen LogP contribution in [-0.4, -0.2) is 25.9 Å². The minimum Gasteiger partial charge on any atom is -0.408 e. The molecule has 1 aliphatic rings. The van der Waals surface area contributed by atoms with Crippen molar-refractivity contribution in [3.05, 3.63) is 23.3 Å². The van der Waals surface area contributed by atoms with E-state index >= 15 is 0 Å². The van der Waals surface area contributed by atoms with Gasteiger partial charge in [-0.15, -0.1) is 5.10 Å². The van der Waals surface area contributed by atoms with E-state index in [1.165, 1.54) is 19.3 Å². The van der Waals surface area contributed by atoms with Gasteiger partial charge in [-0.1, -0.05) is 24.4 Å². The molecule has 2 aromatic heterocycles. The lowest BCUT2D eigenvalue weighted by Gasteiger charge is -2.17. The molecule has 0 bridgehead atoms. The van der Waals surface area contributed by atoms with Crippen LogP contribution in [0.3, 0.4) is 0 Å². The number of hydrogen-bond acceptors (Lipinski definition) is 5. The van der Waals surface area contributed by atoms with Gasteiger partial charge in [0.05, 0.1) is 0 Å². The number of anilines is 1. The summed E-state index contributed by atoms with van der Waals surface area (Å²) in [5.74, 6) is 0.632. The fraction of sp³-hybridized carbons (Fsp3) is 0.600. The molecule has 2 aromatic rings. The highest BCUT2D eigenvalue weighted by molar-refractivity contribution is 6.01. The summed E-state index contributed by atoms with van der Waals surface area (Å²) in [5, 5.41) is 14.9. The minimum atomic E-state index is -0.325. The van der Waals surface area contributed by atoms with E-state index < -0.39 is 0 Å². The Morgan fingerprint density at radius 2 is 2.14 bits per heavy atom. The SMILES string of the molecule is CCn1nc(C(=O)Nc2nnc(C3CCCCC3)o2)cc1C. The smallest absolute Gasteiger partial charge is 0.322 e. The lowest BCUT2D eigenvalue weighted by molar-refractivity contribution is 0.101. The highest BCUT2D eigenvalue weighted by Gasteiger charge is 2.22. The van der Waals surface area contributed by atoms with Gasteiger partial charge in [0.15, 0.2) is 5.69 Å². The molecule has 1 aliphatic carbocycles. The molecule has 1 N–H and O–H groups in total. The Morgan fingerprint density at radius 3 is 2.82 bits per heavy atom. The zero-order valence-corrected chi connectivity index (χ0v) is 13.0. The highest BCUT2D eigenvalue weighted by atomic mass is 16.4. The van der Waals surface area contributed by atoms with E-state index in [1.54, 1.807) is 10.7 Å². The van der Waals surface area contributed by atoms with E-state index in [0.717, 1.165) is 25.1 Å². The Labute approximate surface area is 129 Å². The van der Waals surface area contributed by atoms with Crippen LogP contribution in [0.25, 0.3) is 0 Å².